The highest BCUT2D eigenvalue weighted by atomic mass is 35.5. The molecule has 2 atom stereocenters. The minimum Gasteiger partial charge on any atom is -0.477 e. The molecule has 188 valence electrons. The van der Waals surface area contributed by atoms with Gasteiger partial charge in [0.15, 0.2) is 0 Å². The number of carbonyl (C=O) groups excluding carboxylic acids is 3. The summed E-state index contributed by atoms with van der Waals surface area (Å²) in [6.07, 6.45) is 3.17. The molecule has 0 unspecified atom stereocenters. The number of anilines is 1. The number of nitrogens with one attached hydrogen (secondary N) is 2. The molecule has 1 saturated heterocycles. The SMILES string of the molecule is CC(=O)Nc1nc(C(=NOCCCF)C(=O)N[C@@H]2C(=O)N3C(C(=O)O)=C(C=CCCl)CS[C@@H]23)ns1. The molecule has 12 nitrogen and oxygen atoms in total. The Balaban J connectivity index is 1.79. The number of nitrogens with zero attached hydrogens (tertiary/aromatic N) is 4. The maximum Gasteiger partial charge on any atom is 0.352 e. The highest BCUT2D eigenvalue weighted by Crippen LogP contribution is 2.40. The molecule has 1 aromatic rings. The number of carbonyl (C=O) groups is 4. The Hall–Kier alpha value is -3.04. The van der Waals surface area contributed by atoms with Gasteiger partial charge in [0.2, 0.25) is 22.6 Å². The monoisotopic (exact) mass is 546 g/mol. The van der Waals surface area contributed by atoms with Crippen molar-refractivity contribution in [3.63, 3.8) is 0 Å². The highest BCUT2D eigenvalue weighted by Gasteiger charge is 2.54. The first-order valence-electron chi connectivity index (χ1n) is 10.1. The number of oxime groups is 1. The largest absolute Gasteiger partial charge is 0.477 e. The number of fused-ring (bicyclic) bond motifs is 1. The quantitative estimate of drug-likeness (QED) is 0.121. The van der Waals surface area contributed by atoms with E-state index in [1.165, 1.54) is 18.7 Å². The molecular weight excluding hydrogens is 527 g/mol. The average Bonchev–Trinajstić information content (AvgIpc) is 3.27. The number of alkyl halides is 2. The van der Waals surface area contributed by atoms with Gasteiger partial charge in [0.1, 0.15) is 23.7 Å². The Kier molecular flexibility index (Phi) is 9.17. The van der Waals surface area contributed by atoms with Gasteiger partial charge in [0.25, 0.3) is 11.8 Å². The zero-order chi connectivity index (χ0) is 25.5. The van der Waals surface area contributed by atoms with E-state index in [1.54, 1.807) is 12.2 Å². The molecule has 16 heteroatoms. The van der Waals surface area contributed by atoms with Crippen molar-refractivity contribution in [3.05, 3.63) is 29.2 Å². The molecule has 2 aliphatic heterocycles. The van der Waals surface area contributed by atoms with E-state index >= 15 is 0 Å². The summed E-state index contributed by atoms with van der Waals surface area (Å²) in [6, 6.07) is -1.04. The Morgan fingerprint density at radius 2 is 2.20 bits per heavy atom. The summed E-state index contributed by atoms with van der Waals surface area (Å²) >= 11 is 7.71. The molecular formula is C19H20ClFN6O6S2. The van der Waals surface area contributed by atoms with E-state index in [2.05, 4.69) is 25.1 Å². The number of halogens is 2. The minimum absolute atomic E-state index is 0.0413. The van der Waals surface area contributed by atoms with E-state index in [0.29, 0.717) is 5.57 Å². The minimum atomic E-state index is -1.27. The standard InChI is InChI=1S/C19H20ClFN6O6S2/c1-9(28)22-19-24-14(26-35-19)11(25-33-7-3-6-21)15(29)23-12-16(30)27-13(18(31)32)10(4-2-5-20)8-34-17(12)27/h2,4,12,17H,3,5-8H2,1H3,(H,23,29)(H,31,32)(H,22,24,26,28)/t12-,17+/m1/s1. The summed E-state index contributed by atoms with van der Waals surface area (Å²) in [5.74, 6) is -2.85. The van der Waals surface area contributed by atoms with Crippen molar-refractivity contribution in [1.82, 2.24) is 19.6 Å². The van der Waals surface area contributed by atoms with Crippen LogP contribution in [-0.2, 0) is 24.0 Å². The summed E-state index contributed by atoms with van der Waals surface area (Å²) < 4.78 is 16.3. The zero-order valence-corrected chi connectivity index (χ0v) is 20.6. The normalized spacial score (nSPS) is 19.9. The number of amides is 3. The molecule has 3 heterocycles. The molecule has 0 aliphatic carbocycles. The van der Waals surface area contributed by atoms with Crippen molar-refractivity contribution in [1.29, 1.82) is 0 Å². The van der Waals surface area contributed by atoms with E-state index in [0.717, 1.165) is 16.4 Å². The van der Waals surface area contributed by atoms with Crippen LogP contribution in [0.3, 0.4) is 0 Å². The van der Waals surface area contributed by atoms with Gasteiger partial charge in [-0.05, 0) is 5.57 Å². The van der Waals surface area contributed by atoms with Crippen LogP contribution in [0.2, 0.25) is 0 Å². The maximum atomic E-state index is 13.0. The molecule has 2 aliphatic rings. The van der Waals surface area contributed by atoms with Crippen LogP contribution in [0.25, 0.3) is 0 Å². The van der Waals surface area contributed by atoms with Gasteiger partial charge in [-0.1, -0.05) is 17.3 Å². The second-order valence-electron chi connectivity index (χ2n) is 7.02. The van der Waals surface area contributed by atoms with Gasteiger partial charge in [-0.2, -0.15) is 9.36 Å². The molecule has 3 amide bonds. The van der Waals surface area contributed by atoms with E-state index in [-0.39, 0.29) is 47.0 Å². The predicted octanol–water partition coefficient (Wildman–Crippen LogP) is 1.11. The van der Waals surface area contributed by atoms with Crippen molar-refractivity contribution in [2.45, 2.75) is 24.8 Å². The molecule has 3 rings (SSSR count). The fourth-order valence-electron chi connectivity index (χ4n) is 3.10. The third kappa shape index (κ3) is 6.15. The highest BCUT2D eigenvalue weighted by molar-refractivity contribution is 8.00. The molecule has 0 radical (unpaired) electrons. The average molecular weight is 547 g/mol. The molecule has 0 bridgehead atoms. The summed E-state index contributed by atoms with van der Waals surface area (Å²) in [5, 5.41) is 17.7. The van der Waals surface area contributed by atoms with Crippen molar-refractivity contribution >= 4 is 69.4 Å². The third-order valence-corrected chi connectivity index (χ3v) is 6.67. The number of rotatable bonds is 11. The fourth-order valence-corrected chi connectivity index (χ4v) is 5.13. The fraction of sp³-hybridized carbons (Fsp3) is 0.421. The number of aliphatic carboxylic acids is 1. The molecule has 0 aromatic carbocycles. The van der Waals surface area contributed by atoms with Crippen LogP contribution in [0.4, 0.5) is 9.52 Å². The second kappa shape index (κ2) is 12.1. The number of carboxylic acids is 1. The molecule has 1 aromatic heterocycles. The van der Waals surface area contributed by atoms with Gasteiger partial charge in [-0.15, -0.1) is 23.4 Å². The van der Waals surface area contributed by atoms with Crippen LogP contribution in [0.5, 0.6) is 0 Å². The molecule has 1 fully saturated rings. The van der Waals surface area contributed by atoms with Gasteiger partial charge in [-0.3, -0.25) is 23.7 Å². The van der Waals surface area contributed by atoms with E-state index in [9.17, 15) is 28.7 Å². The lowest BCUT2D eigenvalue weighted by Crippen LogP contribution is -2.71. The van der Waals surface area contributed by atoms with Crippen molar-refractivity contribution in [2.24, 2.45) is 5.16 Å². The smallest absolute Gasteiger partial charge is 0.352 e. The number of thioether (sulfide) groups is 1. The van der Waals surface area contributed by atoms with Crippen molar-refractivity contribution < 1.29 is 33.5 Å². The van der Waals surface area contributed by atoms with Crippen LogP contribution in [-0.4, -0.2) is 85.1 Å². The van der Waals surface area contributed by atoms with E-state index in [4.69, 9.17) is 16.4 Å². The second-order valence-corrected chi connectivity index (χ2v) is 9.18. The number of allylic oxidation sites excluding steroid dienone is 2. The lowest BCUT2D eigenvalue weighted by molar-refractivity contribution is -0.150. The van der Waals surface area contributed by atoms with Crippen LogP contribution in [0, 0.1) is 0 Å². The number of hydrogen-bond donors (Lipinski definition) is 3. The molecule has 3 N–H and O–H groups in total. The van der Waals surface area contributed by atoms with Gasteiger partial charge in [0.05, 0.1) is 6.67 Å². The summed E-state index contributed by atoms with van der Waals surface area (Å²) in [6.45, 7) is 0.511. The third-order valence-electron chi connectivity index (χ3n) is 4.56. The van der Waals surface area contributed by atoms with E-state index < -0.39 is 41.8 Å². The Morgan fingerprint density at radius 3 is 2.86 bits per heavy atom. The summed E-state index contributed by atoms with van der Waals surface area (Å²) in [5.41, 5.74) is -0.128. The zero-order valence-electron chi connectivity index (χ0n) is 18.2. The number of hydrogen-bond acceptors (Lipinski definition) is 10. The molecule has 0 spiro atoms. The Morgan fingerprint density at radius 1 is 1.43 bits per heavy atom. The van der Waals surface area contributed by atoms with Gasteiger partial charge in [-0.25, -0.2) is 4.79 Å². The Bertz CT molecular complexity index is 1110. The Labute approximate surface area is 211 Å². The maximum absolute atomic E-state index is 13.0. The number of carboxylic acid groups (broad SMARTS) is 1. The molecule has 35 heavy (non-hydrogen) atoms. The van der Waals surface area contributed by atoms with Gasteiger partial charge in [0, 0.05) is 36.5 Å². The topological polar surface area (TPSA) is 163 Å². The van der Waals surface area contributed by atoms with E-state index in [1.807, 2.05) is 0 Å². The van der Waals surface area contributed by atoms with Crippen LogP contribution < -0.4 is 10.6 Å². The number of β-lactam (4-membered cyclic amide) rings is 1. The first-order valence-corrected chi connectivity index (χ1v) is 12.5. The molecule has 0 saturated carbocycles. The van der Waals surface area contributed by atoms with Crippen LogP contribution in [0.15, 0.2) is 28.6 Å². The first kappa shape index (κ1) is 26.6. The van der Waals surface area contributed by atoms with Crippen molar-refractivity contribution in [2.75, 3.05) is 30.2 Å². The van der Waals surface area contributed by atoms with Crippen LogP contribution >= 0.6 is 34.9 Å². The van der Waals surface area contributed by atoms with Crippen molar-refractivity contribution in [3.8, 4) is 0 Å². The number of aromatic nitrogens is 2. The van der Waals surface area contributed by atoms with Gasteiger partial charge >= 0.3 is 5.97 Å². The summed E-state index contributed by atoms with van der Waals surface area (Å²) in [7, 11) is 0. The lowest BCUT2D eigenvalue weighted by atomic mass is 10.0. The van der Waals surface area contributed by atoms with Crippen LogP contribution in [0.1, 0.15) is 19.2 Å². The summed E-state index contributed by atoms with van der Waals surface area (Å²) in [4.78, 5) is 59.0. The first-order chi connectivity index (χ1) is 16.8. The lowest BCUT2D eigenvalue weighted by Gasteiger charge is -2.49. The van der Waals surface area contributed by atoms with Gasteiger partial charge < -0.3 is 20.6 Å². The predicted molar refractivity (Wildman–Crippen MR) is 127 cm³/mol.